The van der Waals surface area contributed by atoms with Crippen molar-refractivity contribution < 1.29 is 8.32 Å². The molecule has 1 saturated carbocycles. The normalized spacial score (nSPS) is 15.4. The molecule has 1 fully saturated rings. The van der Waals surface area contributed by atoms with Crippen LogP contribution in [0.5, 0.6) is 5.75 Å². The van der Waals surface area contributed by atoms with Gasteiger partial charge in [0, 0.05) is 0 Å². The summed E-state index contributed by atoms with van der Waals surface area (Å²) in [6, 6.07) is 7.73. The molecule has 4 heteroatoms. The summed E-state index contributed by atoms with van der Waals surface area (Å²) >= 11 is 1.14. The molecule has 1 aromatic heterocycles. The molecule has 2 radical (unpaired) electrons. The second kappa shape index (κ2) is 6.67. The van der Waals surface area contributed by atoms with Crippen LogP contribution in [0.2, 0.25) is 0 Å². The number of nitrogens with zero attached hydrogens (tertiary/aromatic N) is 1. The van der Waals surface area contributed by atoms with Gasteiger partial charge in [0.2, 0.25) is 0 Å². The van der Waals surface area contributed by atoms with Crippen LogP contribution in [0.3, 0.4) is 0 Å². The molecule has 0 N–H and O–H groups in total. The van der Waals surface area contributed by atoms with E-state index in [2.05, 4.69) is 4.98 Å². The van der Waals surface area contributed by atoms with Crippen molar-refractivity contribution >= 4 is 35.7 Å². The number of hydrogen-bond donors (Lipinski definition) is 0. The second-order valence-electron chi connectivity index (χ2n) is 5.75. The Labute approximate surface area is 135 Å². The van der Waals surface area contributed by atoms with E-state index in [1.54, 1.807) is 6.20 Å². The van der Waals surface area contributed by atoms with E-state index in [4.69, 9.17) is 3.53 Å². The number of carbonyl (C=O) groups is 1. The molecular weight excluding hydrogens is 320 g/mol. The third-order valence-electron chi connectivity index (χ3n) is 4.40. The van der Waals surface area contributed by atoms with E-state index >= 15 is 0 Å². The van der Waals surface area contributed by atoms with Crippen molar-refractivity contribution in [2.24, 2.45) is 5.92 Å². The van der Waals surface area contributed by atoms with Gasteiger partial charge in [-0.05, 0) is 0 Å². The SMILES string of the molecule is O=C(CCC1CCCC1)c1ccc2cccnc2c1[O][Ga]. The number of carbonyl (C=O) groups excluding carboxylic acids is 1. The monoisotopic (exact) mass is 337 g/mol. The molecule has 0 bridgehead atoms. The summed E-state index contributed by atoms with van der Waals surface area (Å²) in [5.74, 6) is 1.56. The Morgan fingerprint density at radius 2 is 2.10 bits per heavy atom. The number of ketones is 1. The third-order valence-corrected chi connectivity index (χ3v) is 4.90. The van der Waals surface area contributed by atoms with Crippen molar-refractivity contribution in [1.29, 1.82) is 0 Å². The predicted molar refractivity (Wildman–Crippen MR) is 83.6 cm³/mol. The van der Waals surface area contributed by atoms with E-state index in [9.17, 15) is 4.79 Å². The number of rotatable bonds is 5. The predicted octanol–water partition coefficient (Wildman–Crippen LogP) is 3.85. The van der Waals surface area contributed by atoms with E-state index in [1.165, 1.54) is 25.7 Å². The number of Topliss-reactive ketones (excluding diaryl/α,β-unsaturated/α-hetero) is 1. The molecule has 1 aromatic carbocycles. The van der Waals surface area contributed by atoms with E-state index in [0.717, 1.165) is 42.2 Å². The Morgan fingerprint density at radius 1 is 1.29 bits per heavy atom. The van der Waals surface area contributed by atoms with Crippen LogP contribution in [-0.2, 0) is 0 Å². The Kier molecular flexibility index (Phi) is 4.65. The molecule has 2 aromatic rings. The van der Waals surface area contributed by atoms with Crippen molar-refractivity contribution in [3.63, 3.8) is 0 Å². The first kappa shape index (κ1) is 14.7. The van der Waals surface area contributed by atoms with Crippen LogP contribution in [-0.4, -0.2) is 29.7 Å². The number of fused-ring (bicyclic) bond motifs is 1. The van der Waals surface area contributed by atoms with Gasteiger partial charge in [-0.15, -0.1) is 0 Å². The molecule has 0 aliphatic heterocycles. The van der Waals surface area contributed by atoms with E-state index in [1.807, 2.05) is 24.3 Å². The zero-order valence-corrected chi connectivity index (χ0v) is 14.5. The van der Waals surface area contributed by atoms with Crippen molar-refractivity contribution in [3.8, 4) is 5.75 Å². The zero-order chi connectivity index (χ0) is 14.7. The van der Waals surface area contributed by atoms with E-state index in [0.29, 0.717) is 17.7 Å². The molecule has 0 amide bonds. The van der Waals surface area contributed by atoms with Gasteiger partial charge in [-0.1, -0.05) is 0 Å². The summed E-state index contributed by atoms with van der Waals surface area (Å²) in [7, 11) is 0. The summed E-state index contributed by atoms with van der Waals surface area (Å²) in [4.78, 5) is 16.9. The molecular formula is C17H18GaNO2. The standard InChI is InChI=1S/C17H19NO2.Ga/c19-15(10-7-12-4-1-2-5-12)14-9-8-13-6-3-11-18-16(13)17(14)20;/h3,6,8-9,11-12,20H,1-2,4-5,7,10H2;/q;+1/p-1. The average Bonchev–Trinajstić information content (AvgIpc) is 3.04. The van der Waals surface area contributed by atoms with Gasteiger partial charge in [-0.3, -0.25) is 0 Å². The van der Waals surface area contributed by atoms with Crippen LogP contribution in [0.1, 0.15) is 48.9 Å². The number of hydrogen-bond acceptors (Lipinski definition) is 3. The number of pyridine rings is 1. The molecule has 0 unspecified atom stereocenters. The summed E-state index contributed by atoms with van der Waals surface area (Å²) in [5.41, 5.74) is 1.47. The maximum atomic E-state index is 12.5. The van der Waals surface area contributed by atoms with Gasteiger partial charge in [0.15, 0.2) is 0 Å². The van der Waals surface area contributed by atoms with E-state index < -0.39 is 0 Å². The molecule has 0 saturated heterocycles. The van der Waals surface area contributed by atoms with Crippen LogP contribution in [0.25, 0.3) is 10.9 Å². The van der Waals surface area contributed by atoms with Gasteiger partial charge < -0.3 is 0 Å². The van der Waals surface area contributed by atoms with Gasteiger partial charge >= 0.3 is 135 Å². The number of benzene rings is 1. The van der Waals surface area contributed by atoms with E-state index in [-0.39, 0.29) is 5.78 Å². The molecule has 1 heterocycles. The first-order valence-corrected chi connectivity index (χ1v) is 8.56. The Morgan fingerprint density at radius 3 is 2.86 bits per heavy atom. The molecule has 21 heavy (non-hydrogen) atoms. The molecule has 1 aliphatic carbocycles. The fraction of sp³-hybridized carbons (Fsp3) is 0.412. The van der Waals surface area contributed by atoms with Crippen molar-refractivity contribution in [2.45, 2.75) is 38.5 Å². The minimum absolute atomic E-state index is 0.183. The topological polar surface area (TPSA) is 39.2 Å². The summed E-state index contributed by atoms with van der Waals surface area (Å²) in [5, 5.41) is 1.01. The van der Waals surface area contributed by atoms with Crippen molar-refractivity contribution in [2.75, 3.05) is 0 Å². The molecule has 3 nitrogen and oxygen atoms in total. The van der Waals surface area contributed by atoms with Crippen LogP contribution < -0.4 is 3.53 Å². The average molecular weight is 338 g/mol. The first-order valence-electron chi connectivity index (χ1n) is 7.57. The van der Waals surface area contributed by atoms with Crippen molar-refractivity contribution in [3.05, 3.63) is 36.0 Å². The van der Waals surface area contributed by atoms with Crippen LogP contribution in [0.4, 0.5) is 0 Å². The molecule has 0 atom stereocenters. The minimum atomic E-state index is 0.183. The maximum absolute atomic E-state index is 12.5. The van der Waals surface area contributed by atoms with Crippen LogP contribution in [0.15, 0.2) is 30.5 Å². The fourth-order valence-electron chi connectivity index (χ4n) is 3.23. The van der Waals surface area contributed by atoms with Gasteiger partial charge in [0.25, 0.3) is 0 Å². The third kappa shape index (κ3) is 3.16. The first-order chi connectivity index (χ1) is 10.3. The van der Waals surface area contributed by atoms with Gasteiger partial charge in [0.1, 0.15) is 0 Å². The molecule has 3 rings (SSSR count). The second-order valence-corrected chi connectivity index (χ2v) is 6.24. The van der Waals surface area contributed by atoms with Gasteiger partial charge in [-0.2, -0.15) is 0 Å². The van der Waals surface area contributed by atoms with Gasteiger partial charge in [0.05, 0.1) is 0 Å². The summed E-state index contributed by atoms with van der Waals surface area (Å²) in [6.07, 6.45) is 8.58. The Balaban J connectivity index is 1.83. The van der Waals surface area contributed by atoms with Crippen LogP contribution >= 0.6 is 0 Å². The Hall–Kier alpha value is -1.26. The zero-order valence-electron chi connectivity index (χ0n) is 12.0. The Bertz CT molecular complexity index is 650. The quantitative estimate of drug-likeness (QED) is 0.614. The molecule has 1 aliphatic rings. The van der Waals surface area contributed by atoms with Crippen LogP contribution in [0, 0.1) is 5.92 Å². The van der Waals surface area contributed by atoms with Crippen molar-refractivity contribution in [1.82, 2.24) is 4.98 Å². The summed E-state index contributed by atoms with van der Waals surface area (Å²) in [6.45, 7) is 0. The fourth-order valence-corrected chi connectivity index (χ4v) is 3.73. The molecule has 106 valence electrons. The molecule has 0 spiro atoms. The summed E-state index contributed by atoms with van der Waals surface area (Å²) < 4.78 is 5.53. The van der Waals surface area contributed by atoms with Gasteiger partial charge in [-0.25, -0.2) is 0 Å². The number of aromatic nitrogens is 1.